The molecule has 0 spiro atoms. The summed E-state index contributed by atoms with van der Waals surface area (Å²) in [5.41, 5.74) is 6.14. The van der Waals surface area contributed by atoms with Crippen molar-refractivity contribution in [3.63, 3.8) is 0 Å². The molecule has 0 heterocycles. The molecule has 1 nitrogen and oxygen atoms in total. The minimum absolute atomic E-state index is 0.0122. The van der Waals surface area contributed by atoms with Crippen molar-refractivity contribution in [1.29, 1.82) is 0 Å². The van der Waals surface area contributed by atoms with Gasteiger partial charge in [0, 0.05) is 24.1 Å². The van der Waals surface area contributed by atoms with Gasteiger partial charge in [-0.2, -0.15) is 13.2 Å². The number of unbranched alkanes of at least 4 members (excludes halogenated alkanes) is 3. The van der Waals surface area contributed by atoms with Gasteiger partial charge in [0.05, 0.1) is 0 Å². The minimum atomic E-state index is -4.17. The van der Waals surface area contributed by atoms with Crippen LogP contribution in [0.4, 0.5) is 27.6 Å². The highest BCUT2D eigenvalue weighted by Crippen LogP contribution is 2.38. The fourth-order valence-electron chi connectivity index (χ4n) is 2.16. The lowest BCUT2D eigenvalue weighted by Gasteiger charge is -2.19. The van der Waals surface area contributed by atoms with Gasteiger partial charge in [-0.1, -0.05) is 31.0 Å². The molecule has 1 aromatic rings. The largest absolute Gasteiger partial charge is 0.398 e. The quantitative estimate of drug-likeness (QED) is 0.397. The highest BCUT2D eigenvalue weighted by atomic mass is 19.4. The van der Waals surface area contributed by atoms with Crippen molar-refractivity contribution in [2.75, 3.05) is 5.73 Å². The van der Waals surface area contributed by atoms with Crippen LogP contribution < -0.4 is 5.73 Å². The van der Waals surface area contributed by atoms with Crippen LogP contribution in [-0.4, -0.2) is 6.18 Å². The van der Waals surface area contributed by atoms with Gasteiger partial charge in [0.25, 0.3) is 5.92 Å². The first-order chi connectivity index (χ1) is 9.63. The zero-order valence-electron chi connectivity index (χ0n) is 11.9. The first-order valence-electron chi connectivity index (χ1n) is 6.93. The lowest BCUT2D eigenvalue weighted by molar-refractivity contribution is -0.135. The van der Waals surface area contributed by atoms with Gasteiger partial charge >= 0.3 is 6.18 Å². The second-order valence-electron chi connectivity index (χ2n) is 5.27. The Morgan fingerprint density at radius 3 is 2.05 bits per heavy atom. The van der Waals surface area contributed by atoms with Gasteiger partial charge in [-0.05, 0) is 25.3 Å². The molecular weight excluding hydrogens is 289 g/mol. The second kappa shape index (κ2) is 7.09. The monoisotopic (exact) mass is 309 g/mol. The first kappa shape index (κ1) is 17.7. The second-order valence-corrected chi connectivity index (χ2v) is 5.27. The van der Waals surface area contributed by atoms with Gasteiger partial charge in [0.1, 0.15) is 0 Å². The standard InChI is InChI=1S/C15H20F5N/c1-11-7-6-8-12(13(11)21)14(16,17)9-4-2-3-5-10-15(18,19)20/h6-8H,2-5,9-10,21H2,1H3. The van der Waals surface area contributed by atoms with Crippen molar-refractivity contribution in [2.24, 2.45) is 0 Å². The van der Waals surface area contributed by atoms with E-state index in [0.29, 0.717) is 18.4 Å². The lowest BCUT2D eigenvalue weighted by Crippen LogP contribution is -2.16. The number of nitrogens with two attached hydrogens (primary N) is 1. The Morgan fingerprint density at radius 1 is 0.905 bits per heavy atom. The summed E-state index contributed by atoms with van der Waals surface area (Å²) in [6.45, 7) is 1.66. The molecule has 0 saturated carbocycles. The topological polar surface area (TPSA) is 26.0 Å². The highest BCUT2D eigenvalue weighted by Gasteiger charge is 2.33. The molecule has 0 atom stereocenters. The van der Waals surface area contributed by atoms with Gasteiger partial charge in [0.15, 0.2) is 0 Å². The van der Waals surface area contributed by atoms with E-state index >= 15 is 0 Å². The van der Waals surface area contributed by atoms with Crippen LogP contribution in [0.25, 0.3) is 0 Å². The summed E-state index contributed by atoms with van der Waals surface area (Å²) >= 11 is 0. The Bertz CT molecular complexity index is 454. The van der Waals surface area contributed by atoms with E-state index in [1.54, 1.807) is 13.0 Å². The van der Waals surface area contributed by atoms with E-state index in [0.717, 1.165) is 0 Å². The fraction of sp³-hybridized carbons (Fsp3) is 0.600. The third-order valence-corrected chi connectivity index (χ3v) is 3.42. The summed E-state index contributed by atoms with van der Waals surface area (Å²) < 4.78 is 63.8. The molecule has 2 N–H and O–H groups in total. The predicted molar refractivity (Wildman–Crippen MR) is 73.2 cm³/mol. The van der Waals surface area contributed by atoms with Crippen molar-refractivity contribution >= 4 is 5.69 Å². The Labute approximate surface area is 121 Å². The average Bonchev–Trinajstić information content (AvgIpc) is 2.35. The number of halogens is 5. The molecular formula is C15H20F5N. The highest BCUT2D eigenvalue weighted by molar-refractivity contribution is 5.54. The van der Waals surface area contributed by atoms with E-state index in [1.165, 1.54) is 12.1 Å². The third-order valence-electron chi connectivity index (χ3n) is 3.42. The molecule has 0 unspecified atom stereocenters. The first-order valence-corrected chi connectivity index (χ1v) is 6.93. The van der Waals surface area contributed by atoms with Crippen LogP contribution in [0.2, 0.25) is 0 Å². The summed E-state index contributed by atoms with van der Waals surface area (Å²) in [4.78, 5) is 0. The molecule has 0 aliphatic rings. The van der Waals surface area contributed by atoms with Gasteiger partial charge in [-0.3, -0.25) is 0 Å². The lowest BCUT2D eigenvalue weighted by atomic mass is 9.98. The van der Waals surface area contributed by atoms with E-state index in [4.69, 9.17) is 5.73 Å². The molecule has 1 rings (SSSR count). The van der Waals surface area contributed by atoms with Crippen LogP contribution in [0, 0.1) is 6.92 Å². The van der Waals surface area contributed by atoms with Crippen molar-refractivity contribution < 1.29 is 22.0 Å². The molecule has 0 fully saturated rings. The molecule has 120 valence electrons. The maximum atomic E-state index is 14.0. The van der Waals surface area contributed by atoms with E-state index < -0.39 is 24.9 Å². The zero-order chi connectivity index (χ0) is 16.1. The Kier molecular flexibility index (Phi) is 5.98. The predicted octanol–water partition coefficient (Wildman–Crippen LogP) is 5.57. The van der Waals surface area contributed by atoms with Crippen LogP contribution in [0.15, 0.2) is 18.2 Å². The maximum Gasteiger partial charge on any atom is 0.389 e. The Balaban J connectivity index is 2.42. The maximum absolute atomic E-state index is 14.0. The van der Waals surface area contributed by atoms with Gasteiger partial charge in [0.2, 0.25) is 0 Å². The van der Waals surface area contributed by atoms with Crippen LogP contribution in [0.1, 0.15) is 49.7 Å². The molecule has 0 saturated heterocycles. The minimum Gasteiger partial charge on any atom is -0.398 e. The van der Waals surface area contributed by atoms with E-state index in [1.807, 2.05) is 0 Å². The molecule has 0 amide bonds. The number of para-hydroxylation sites is 1. The summed E-state index contributed by atoms with van der Waals surface area (Å²) in [5.74, 6) is -3.04. The molecule has 0 radical (unpaired) electrons. The smallest absolute Gasteiger partial charge is 0.389 e. The summed E-state index contributed by atoms with van der Waals surface area (Å²) in [5, 5.41) is 0. The number of alkyl halides is 5. The SMILES string of the molecule is Cc1cccc(C(F)(F)CCCCCCC(F)(F)F)c1N. The Morgan fingerprint density at radius 2 is 1.48 bits per heavy atom. The summed E-state index contributed by atoms with van der Waals surface area (Å²) in [7, 11) is 0. The number of benzene rings is 1. The van der Waals surface area contributed by atoms with Crippen LogP contribution in [0.5, 0.6) is 0 Å². The van der Waals surface area contributed by atoms with Crippen molar-refractivity contribution in [2.45, 2.75) is 57.5 Å². The fourth-order valence-corrected chi connectivity index (χ4v) is 2.16. The molecule has 1 aromatic carbocycles. The number of nitrogen functional groups attached to an aromatic ring is 1. The third kappa shape index (κ3) is 5.89. The van der Waals surface area contributed by atoms with Gasteiger partial charge < -0.3 is 5.73 Å². The van der Waals surface area contributed by atoms with E-state index in [2.05, 4.69) is 0 Å². The molecule has 0 aliphatic carbocycles. The Hall–Kier alpha value is -1.33. The number of anilines is 1. The van der Waals surface area contributed by atoms with Crippen LogP contribution in [-0.2, 0) is 5.92 Å². The molecule has 0 bridgehead atoms. The molecule has 0 aromatic heterocycles. The molecule has 6 heteroatoms. The number of rotatable bonds is 7. The van der Waals surface area contributed by atoms with Crippen molar-refractivity contribution in [3.05, 3.63) is 29.3 Å². The van der Waals surface area contributed by atoms with E-state index in [9.17, 15) is 22.0 Å². The van der Waals surface area contributed by atoms with Crippen LogP contribution >= 0.6 is 0 Å². The van der Waals surface area contributed by atoms with Gasteiger partial charge in [-0.25, -0.2) is 8.78 Å². The summed E-state index contributed by atoms with van der Waals surface area (Å²) in [6.07, 6.45) is -4.59. The number of aryl methyl sites for hydroxylation is 1. The zero-order valence-corrected chi connectivity index (χ0v) is 11.9. The average molecular weight is 309 g/mol. The normalized spacial score (nSPS) is 12.7. The van der Waals surface area contributed by atoms with Crippen LogP contribution in [0.3, 0.4) is 0 Å². The summed E-state index contributed by atoms with van der Waals surface area (Å²) in [6, 6.07) is 4.48. The van der Waals surface area contributed by atoms with Gasteiger partial charge in [-0.15, -0.1) is 0 Å². The number of hydrogen-bond acceptors (Lipinski definition) is 1. The van der Waals surface area contributed by atoms with Crippen molar-refractivity contribution in [1.82, 2.24) is 0 Å². The van der Waals surface area contributed by atoms with Crippen molar-refractivity contribution in [3.8, 4) is 0 Å². The molecule has 21 heavy (non-hydrogen) atoms. The number of hydrogen-bond donors (Lipinski definition) is 1. The van der Waals surface area contributed by atoms with E-state index in [-0.39, 0.29) is 24.1 Å². The molecule has 0 aliphatic heterocycles.